The van der Waals surface area contributed by atoms with Gasteiger partial charge in [0.2, 0.25) is 0 Å². The molecule has 16 heteroatoms. The van der Waals surface area contributed by atoms with E-state index in [0.29, 0.717) is 17.1 Å². The van der Waals surface area contributed by atoms with Gasteiger partial charge in [-0.3, -0.25) is 0 Å². The van der Waals surface area contributed by atoms with Crippen LogP contribution in [0, 0.1) is 5.82 Å². The number of ether oxygens (including phenoxy) is 2. The molecule has 1 aliphatic rings. The number of anilines is 2. The molecule has 5 rings (SSSR count). The minimum atomic E-state index is -4.64. The molecule has 1 saturated carbocycles. The summed E-state index contributed by atoms with van der Waals surface area (Å²) in [7, 11) is -1.75. The number of methoxy groups -OCH3 is 2. The number of alkyl halides is 3. The van der Waals surface area contributed by atoms with Crippen molar-refractivity contribution in [3.8, 4) is 11.5 Å². The zero-order chi connectivity index (χ0) is 34.9. The van der Waals surface area contributed by atoms with Gasteiger partial charge in [0.05, 0.1) is 42.6 Å². The van der Waals surface area contributed by atoms with Crippen LogP contribution < -0.4 is 24.8 Å². The van der Waals surface area contributed by atoms with Gasteiger partial charge >= 0.3 is 6.18 Å². The summed E-state index contributed by atoms with van der Waals surface area (Å²) in [4.78, 5) is 7.19. The van der Waals surface area contributed by atoms with Gasteiger partial charge in [-0.25, -0.2) is 27.1 Å². The second kappa shape index (κ2) is 13.7. The number of hydrogen-bond acceptors (Lipinski definition) is 9. The van der Waals surface area contributed by atoms with Gasteiger partial charge in [-0.2, -0.15) is 13.2 Å². The van der Waals surface area contributed by atoms with Crippen molar-refractivity contribution in [1.29, 1.82) is 0 Å². The summed E-state index contributed by atoms with van der Waals surface area (Å²) in [5.74, 6) is -0.356. The summed E-state index contributed by atoms with van der Waals surface area (Å²) in [6, 6.07) is 11.2. The Morgan fingerprint density at radius 3 is 2.54 bits per heavy atom. The smallest absolute Gasteiger partial charge is 0.416 e. The van der Waals surface area contributed by atoms with E-state index in [4.69, 9.17) is 26.8 Å². The Hall–Kier alpha value is -4.18. The maximum atomic E-state index is 15.8. The van der Waals surface area contributed by atoms with Gasteiger partial charge in [-0.15, -0.1) is 0 Å². The topological polar surface area (TPSA) is 140 Å². The van der Waals surface area contributed by atoms with E-state index in [1.54, 1.807) is 18.2 Å². The molecular weight excluding hydrogens is 678 g/mol. The molecule has 0 unspecified atom stereocenters. The molecule has 0 bridgehead atoms. The zero-order valence-corrected chi connectivity index (χ0v) is 27.3. The Labute approximate surface area is 279 Å². The van der Waals surface area contributed by atoms with E-state index in [0.717, 1.165) is 34.9 Å². The first kappa shape index (κ1) is 35.1. The van der Waals surface area contributed by atoms with Crippen molar-refractivity contribution in [2.75, 3.05) is 23.8 Å². The molecule has 48 heavy (non-hydrogen) atoms. The van der Waals surface area contributed by atoms with Crippen LogP contribution in [0.4, 0.5) is 29.1 Å². The van der Waals surface area contributed by atoms with Gasteiger partial charge in [0, 0.05) is 36.0 Å². The SMILES string of the molecule is COc1ccc(CN(c2ccncn2)S(=O)(=O)c2cc(Cl)c(N[C@H]3CC[C@@](O)(c4cccc(C(F)(F)F)c4)C[C@H]3N)cc2F)c(OC)c1. The predicted octanol–water partition coefficient (Wildman–Crippen LogP) is 5.88. The molecule has 256 valence electrons. The van der Waals surface area contributed by atoms with Crippen LogP contribution in [0.1, 0.15) is 36.0 Å². The van der Waals surface area contributed by atoms with Crippen LogP contribution in [0.15, 0.2) is 78.1 Å². The van der Waals surface area contributed by atoms with Crippen molar-refractivity contribution in [3.05, 3.63) is 101 Å². The molecule has 3 atom stereocenters. The molecule has 3 aromatic carbocycles. The summed E-state index contributed by atoms with van der Waals surface area (Å²) in [6.07, 6.45) is -1.94. The fraction of sp³-hybridized carbons (Fsp3) is 0.312. The van der Waals surface area contributed by atoms with Crippen LogP contribution in [0.5, 0.6) is 11.5 Å². The highest BCUT2D eigenvalue weighted by Crippen LogP contribution is 2.41. The Morgan fingerprint density at radius 2 is 1.90 bits per heavy atom. The molecule has 1 aliphatic carbocycles. The molecule has 0 amide bonds. The third-order valence-electron chi connectivity index (χ3n) is 8.25. The number of benzene rings is 3. The van der Waals surface area contributed by atoms with Crippen LogP contribution in [0.3, 0.4) is 0 Å². The number of aliphatic hydroxyl groups is 1. The van der Waals surface area contributed by atoms with Crippen molar-refractivity contribution in [3.63, 3.8) is 0 Å². The van der Waals surface area contributed by atoms with E-state index in [-0.39, 0.29) is 47.9 Å². The monoisotopic (exact) mass is 709 g/mol. The van der Waals surface area contributed by atoms with Crippen molar-refractivity contribution in [2.45, 2.75) is 54.6 Å². The van der Waals surface area contributed by atoms with Crippen LogP contribution >= 0.6 is 11.6 Å². The lowest BCUT2D eigenvalue weighted by Gasteiger charge is -2.41. The zero-order valence-electron chi connectivity index (χ0n) is 25.7. The van der Waals surface area contributed by atoms with Crippen LogP contribution in [0.25, 0.3) is 0 Å². The lowest BCUT2D eigenvalue weighted by molar-refractivity contribution is -0.137. The van der Waals surface area contributed by atoms with Crippen LogP contribution in [-0.4, -0.2) is 49.8 Å². The standard InChI is InChI=1S/C32H32ClF4N5O5S/c1-46-22-7-6-19(28(13-22)47-2)17-42(30-9-11-39-18-40-30)48(44,45)29-14-23(33)27(15-24(29)34)41-26-8-10-31(43,16-25(26)38)20-4-3-5-21(12-20)32(35,36)37/h3-7,9,11-15,18,25-26,41,43H,8,10,16-17,38H2,1-2H3/t25-,26+,31+/m1/s1. The number of nitrogens with two attached hydrogens (primary N) is 1. The van der Waals surface area contributed by atoms with Crippen LogP contribution in [0.2, 0.25) is 5.02 Å². The number of aromatic nitrogens is 2. The first-order valence-electron chi connectivity index (χ1n) is 14.6. The largest absolute Gasteiger partial charge is 0.497 e. The molecule has 0 saturated heterocycles. The second-order valence-corrected chi connectivity index (χ2v) is 13.5. The average molecular weight is 710 g/mol. The Balaban J connectivity index is 1.40. The fourth-order valence-corrected chi connectivity index (χ4v) is 7.44. The minimum Gasteiger partial charge on any atom is -0.497 e. The Morgan fingerprint density at radius 1 is 1.12 bits per heavy atom. The molecule has 4 aromatic rings. The molecule has 1 aromatic heterocycles. The molecule has 0 aliphatic heterocycles. The quantitative estimate of drug-likeness (QED) is 0.172. The van der Waals surface area contributed by atoms with Crippen molar-refractivity contribution in [1.82, 2.24) is 9.97 Å². The Kier molecular flexibility index (Phi) is 10.1. The molecule has 0 spiro atoms. The average Bonchev–Trinajstić information content (AvgIpc) is 3.06. The van der Waals surface area contributed by atoms with Gasteiger partial charge in [-0.1, -0.05) is 23.7 Å². The third-order valence-corrected chi connectivity index (χ3v) is 10.3. The highest BCUT2D eigenvalue weighted by atomic mass is 35.5. The van der Waals surface area contributed by atoms with Crippen molar-refractivity contribution >= 4 is 33.1 Å². The molecule has 0 radical (unpaired) electrons. The van der Waals surface area contributed by atoms with E-state index >= 15 is 4.39 Å². The van der Waals surface area contributed by atoms with E-state index in [2.05, 4.69) is 15.3 Å². The van der Waals surface area contributed by atoms with Crippen LogP contribution in [-0.2, 0) is 28.3 Å². The number of nitrogens with one attached hydrogen (secondary N) is 1. The van der Waals surface area contributed by atoms with Gasteiger partial charge in [-0.05, 0) is 61.2 Å². The van der Waals surface area contributed by atoms with Crippen molar-refractivity contribution in [2.24, 2.45) is 5.73 Å². The van der Waals surface area contributed by atoms with Gasteiger partial charge < -0.3 is 25.6 Å². The second-order valence-electron chi connectivity index (χ2n) is 11.3. The molecule has 1 fully saturated rings. The fourth-order valence-electron chi connectivity index (χ4n) is 5.68. The minimum absolute atomic E-state index is 0.0398. The van der Waals surface area contributed by atoms with E-state index < -0.39 is 50.2 Å². The summed E-state index contributed by atoms with van der Waals surface area (Å²) in [6.45, 7) is -0.296. The summed E-state index contributed by atoms with van der Waals surface area (Å²) in [5.41, 5.74) is 4.41. The molecule has 4 N–H and O–H groups in total. The highest BCUT2D eigenvalue weighted by Gasteiger charge is 2.41. The number of nitrogens with zero attached hydrogens (tertiary/aromatic N) is 3. The van der Waals surface area contributed by atoms with Gasteiger partial charge in [0.25, 0.3) is 10.0 Å². The highest BCUT2D eigenvalue weighted by molar-refractivity contribution is 7.92. The molecule has 1 heterocycles. The normalized spacial score (nSPS) is 19.9. The third kappa shape index (κ3) is 7.28. The first-order chi connectivity index (χ1) is 22.7. The van der Waals surface area contributed by atoms with E-state index in [1.807, 2.05) is 0 Å². The number of halogens is 5. The first-order valence-corrected chi connectivity index (χ1v) is 16.4. The summed E-state index contributed by atoms with van der Waals surface area (Å²) >= 11 is 6.51. The number of hydrogen-bond donors (Lipinski definition) is 3. The maximum Gasteiger partial charge on any atom is 0.416 e. The predicted molar refractivity (Wildman–Crippen MR) is 171 cm³/mol. The lowest BCUT2D eigenvalue weighted by Crippen LogP contribution is -2.50. The van der Waals surface area contributed by atoms with E-state index in [1.165, 1.54) is 38.6 Å². The van der Waals surface area contributed by atoms with Gasteiger partial charge in [0.15, 0.2) is 0 Å². The molecule has 10 nitrogen and oxygen atoms in total. The summed E-state index contributed by atoms with van der Waals surface area (Å²) < 4.78 is 95.3. The number of sulfonamides is 1. The van der Waals surface area contributed by atoms with Gasteiger partial charge in [0.1, 0.15) is 34.4 Å². The maximum absolute atomic E-state index is 15.8. The van der Waals surface area contributed by atoms with E-state index in [9.17, 15) is 26.7 Å². The Bertz CT molecular complexity index is 1890. The summed E-state index contributed by atoms with van der Waals surface area (Å²) in [5, 5.41) is 14.2. The van der Waals surface area contributed by atoms with Crippen molar-refractivity contribution < 1.29 is 40.6 Å². The molecular formula is C32H32ClF4N5O5S. The lowest BCUT2D eigenvalue weighted by atomic mass is 9.75. The number of rotatable bonds is 10.